The van der Waals surface area contributed by atoms with E-state index in [1.807, 2.05) is 0 Å². The van der Waals surface area contributed by atoms with Gasteiger partial charge in [-0.3, -0.25) is 4.79 Å². The van der Waals surface area contributed by atoms with Crippen LogP contribution in [-0.2, 0) is 42.7 Å². The summed E-state index contributed by atoms with van der Waals surface area (Å²) in [4.78, 5) is 14.1. The summed E-state index contributed by atoms with van der Waals surface area (Å²) in [6.45, 7) is 16.0. The summed E-state index contributed by atoms with van der Waals surface area (Å²) in [7, 11) is 0. The highest BCUT2D eigenvalue weighted by Crippen LogP contribution is 2.83. The lowest BCUT2D eigenvalue weighted by molar-refractivity contribution is -0.398. The molecule has 1 spiro atoms. The smallest absolute Gasteiger partial charge is 0.313 e. The summed E-state index contributed by atoms with van der Waals surface area (Å²) in [6, 6.07) is 0. The van der Waals surface area contributed by atoms with Crippen LogP contribution in [-0.4, -0.2) is 181 Å². The molecule has 2 bridgehead atoms. The number of allylic oxidation sites excluding steroid dienone is 1. The van der Waals surface area contributed by atoms with Gasteiger partial charge in [0.2, 0.25) is 0 Å². The summed E-state index contributed by atoms with van der Waals surface area (Å²) < 4.78 is 51.1. The van der Waals surface area contributed by atoms with Crippen molar-refractivity contribution in [1.29, 1.82) is 0 Å². The fourth-order valence-corrected chi connectivity index (χ4v) is 16.2. The first-order valence-corrected chi connectivity index (χ1v) is 24.0. The van der Waals surface area contributed by atoms with Gasteiger partial charge in [0.15, 0.2) is 24.5 Å². The first-order valence-electron chi connectivity index (χ1n) is 24.0. The number of ether oxygens (including phenoxy) is 8. The van der Waals surface area contributed by atoms with Crippen LogP contribution in [0.5, 0.6) is 0 Å². The summed E-state index contributed by atoms with van der Waals surface area (Å²) in [5, 5.41) is 96.7. The van der Waals surface area contributed by atoms with Crippen molar-refractivity contribution < 1.29 is 88.6 Å². The summed E-state index contributed by atoms with van der Waals surface area (Å²) in [5.74, 6) is 0.236. The highest BCUT2D eigenvalue weighted by atomic mass is 16.8. The van der Waals surface area contributed by atoms with Crippen LogP contribution >= 0.6 is 0 Å². The van der Waals surface area contributed by atoms with E-state index in [1.54, 1.807) is 0 Å². The molecular formula is C47H72O18. The van der Waals surface area contributed by atoms with Crippen LogP contribution in [0.4, 0.5) is 0 Å². The predicted molar refractivity (Wildman–Crippen MR) is 222 cm³/mol. The molecule has 5 saturated carbocycles. The fourth-order valence-electron chi connectivity index (χ4n) is 16.2. The van der Waals surface area contributed by atoms with Gasteiger partial charge in [-0.1, -0.05) is 46.8 Å². The molecule has 18 heteroatoms. The number of hydrogen-bond donors (Lipinski definition) is 9. The van der Waals surface area contributed by atoms with Gasteiger partial charge in [0.1, 0.15) is 73.2 Å². The van der Waals surface area contributed by atoms with Crippen molar-refractivity contribution in [3.8, 4) is 0 Å². The SMILES string of the molecule is C=C1CC[C@@]23CC[C@]4(C)[C@@](OC2=O)([C@@H]3C1)[C@H]1O[C@H]1[C@@H]1[C@@]2(C)CC[C@H](O[C@@H]3O[C@H](CO)[C@@H](O)[C@H](O[C@@H]5O[C@H](CO)[C@@H](O)[C@H](O)[C@H]5O)[C@H]3O[C@@H]3O[C@@H](C)[C@H](O)[C@@H](O)[C@H]3O)C(C)(C)C2CC[C@]14C. The van der Waals surface area contributed by atoms with Crippen LogP contribution in [0.1, 0.15) is 99.3 Å². The first-order chi connectivity index (χ1) is 30.6. The number of epoxide rings is 1. The Hall–Kier alpha value is -1.43. The van der Waals surface area contributed by atoms with Crippen LogP contribution in [0.3, 0.4) is 0 Å². The van der Waals surface area contributed by atoms with Gasteiger partial charge in [-0.15, -0.1) is 0 Å². The van der Waals surface area contributed by atoms with Gasteiger partial charge >= 0.3 is 5.97 Å². The average Bonchev–Trinajstić information content (AvgIpc) is 4.02. The second kappa shape index (κ2) is 15.8. The van der Waals surface area contributed by atoms with Gasteiger partial charge < -0.3 is 83.9 Å². The van der Waals surface area contributed by atoms with E-state index in [2.05, 4.69) is 41.2 Å². The van der Waals surface area contributed by atoms with Crippen molar-refractivity contribution >= 4 is 5.97 Å². The number of aliphatic hydroxyl groups excluding tert-OH is 9. The largest absolute Gasteiger partial charge is 0.455 e. The van der Waals surface area contributed by atoms with Gasteiger partial charge in [0.25, 0.3) is 0 Å². The van der Waals surface area contributed by atoms with E-state index < -0.39 is 128 Å². The predicted octanol–water partition coefficient (Wildman–Crippen LogP) is -0.0743. The van der Waals surface area contributed by atoms with Gasteiger partial charge in [-0.05, 0) is 92.8 Å². The number of rotatable bonds is 8. The van der Waals surface area contributed by atoms with E-state index in [1.165, 1.54) is 12.5 Å². The maximum atomic E-state index is 14.1. The molecule has 65 heavy (non-hydrogen) atoms. The van der Waals surface area contributed by atoms with E-state index in [9.17, 15) is 50.8 Å². The average molecular weight is 925 g/mol. The zero-order valence-corrected chi connectivity index (χ0v) is 38.3. The number of carbonyl (C=O) groups excluding carboxylic acids is 1. The Kier molecular flexibility index (Phi) is 11.5. The summed E-state index contributed by atoms with van der Waals surface area (Å²) in [5.41, 5.74) is -1.35. The number of carbonyl (C=O) groups is 1. The van der Waals surface area contributed by atoms with Crippen LogP contribution in [0, 0.1) is 44.8 Å². The molecule has 10 rings (SSSR count). The molecule has 5 saturated heterocycles. The minimum atomic E-state index is -1.87. The molecule has 18 nitrogen and oxygen atoms in total. The monoisotopic (exact) mass is 924 g/mol. The van der Waals surface area contributed by atoms with Crippen molar-refractivity contribution in [3.05, 3.63) is 12.2 Å². The number of aliphatic hydroxyl groups is 9. The Morgan fingerprint density at radius 2 is 1.29 bits per heavy atom. The zero-order chi connectivity index (χ0) is 46.7. The van der Waals surface area contributed by atoms with Crippen molar-refractivity contribution in [3.63, 3.8) is 0 Å². The molecule has 368 valence electrons. The van der Waals surface area contributed by atoms with Gasteiger partial charge in [0.05, 0.1) is 36.9 Å². The van der Waals surface area contributed by atoms with E-state index in [0.717, 1.165) is 51.4 Å². The topological polar surface area (TPSA) is 276 Å². The van der Waals surface area contributed by atoms with Crippen molar-refractivity contribution in [2.45, 2.75) is 215 Å². The first kappa shape index (κ1) is 47.3. The van der Waals surface area contributed by atoms with Crippen LogP contribution in [0.15, 0.2) is 12.2 Å². The number of fused-ring (bicyclic) bond motifs is 6. The Morgan fingerprint density at radius 3 is 1.98 bits per heavy atom. The van der Waals surface area contributed by atoms with Crippen molar-refractivity contribution in [1.82, 2.24) is 0 Å². The highest BCUT2D eigenvalue weighted by Gasteiger charge is 2.89. The summed E-state index contributed by atoms with van der Waals surface area (Å²) >= 11 is 0. The standard InChI is InChI=1S/C47H72O18/c1-19-8-13-46-15-14-45(7)44(6)12-9-23-42(3,4)25(10-11-43(23,5)36(44)35-37(62-35)47(45,24(46)16-19)65-41(46)57)61-40-34(64-38-31(55)29(53)26(50)20(2)58-38)33(28(52)22(18-49)60-40)63-39-32(56)30(54)27(51)21(17-48)59-39/h20-40,48-56H,1,8-18H2,2-7H3/t20-,21+,22+,23?,24+,25-,26-,27+,28+,29+,30-,31+,32+,33-,34+,35-,36+,37-,38-,39-,40-,43-,44+,45-,46-,47+/m0/s1. The molecule has 5 aliphatic heterocycles. The highest BCUT2D eigenvalue weighted by molar-refractivity contribution is 5.82. The molecule has 10 aliphatic rings. The quantitative estimate of drug-likeness (QED) is 0.0667. The molecule has 10 fully saturated rings. The molecule has 5 aliphatic carbocycles. The molecule has 5 heterocycles. The van der Waals surface area contributed by atoms with E-state index in [4.69, 9.17) is 37.9 Å². The zero-order valence-electron chi connectivity index (χ0n) is 38.3. The molecule has 9 N–H and O–H groups in total. The molecular weight excluding hydrogens is 852 g/mol. The van der Waals surface area contributed by atoms with Crippen molar-refractivity contribution in [2.75, 3.05) is 13.2 Å². The van der Waals surface area contributed by atoms with E-state index >= 15 is 0 Å². The second-order valence-electron chi connectivity index (χ2n) is 23.0. The van der Waals surface area contributed by atoms with Gasteiger partial charge in [0, 0.05) is 11.3 Å². The Morgan fingerprint density at radius 1 is 0.662 bits per heavy atom. The van der Waals surface area contributed by atoms with Gasteiger partial charge in [-0.25, -0.2) is 0 Å². The maximum absolute atomic E-state index is 14.1. The lowest BCUT2D eigenvalue weighted by Gasteiger charge is -2.72. The number of hydrogen-bond acceptors (Lipinski definition) is 18. The maximum Gasteiger partial charge on any atom is 0.313 e. The molecule has 1 unspecified atom stereocenters. The van der Waals surface area contributed by atoms with E-state index in [0.29, 0.717) is 6.42 Å². The summed E-state index contributed by atoms with van der Waals surface area (Å²) in [6.07, 6.45) is -17.4. The Bertz CT molecular complexity index is 1870. The van der Waals surface area contributed by atoms with Gasteiger partial charge in [-0.2, -0.15) is 0 Å². The lowest BCUT2D eigenvalue weighted by Crippen LogP contribution is -2.74. The Labute approximate surface area is 379 Å². The third-order valence-corrected chi connectivity index (χ3v) is 19.9. The Balaban J connectivity index is 0.952. The molecule has 0 radical (unpaired) electrons. The lowest BCUT2D eigenvalue weighted by atomic mass is 9.31. The molecule has 0 aromatic heterocycles. The second-order valence-corrected chi connectivity index (χ2v) is 23.0. The molecule has 0 aromatic carbocycles. The van der Waals surface area contributed by atoms with E-state index in [-0.39, 0.29) is 52.2 Å². The molecule has 26 atom stereocenters. The minimum Gasteiger partial charge on any atom is -0.455 e. The number of esters is 1. The third-order valence-electron chi connectivity index (χ3n) is 19.9. The van der Waals surface area contributed by atoms with Crippen LogP contribution < -0.4 is 0 Å². The molecule has 0 aromatic rings. The van der Waals surface area contributed by atoms with Crippen LogP contribution in [0.2, 0.25) is 0 Å². The molecule has 0 amide bonds. The third kappa shape index (κ3) is 6.32. The van der Waals surface area contributed by atoms with Crippen LogP contribution in [0.25, 0.3) is 0 Å². The normalized spacial score (nSPS) is 59.0. The minimum absolute atomic E-state index is 0.0403. The fraction of sp³-hybridized carbons (Fsp3) is 0.936. The van der Waals surface area contributed by atoms with Crippen molar-refractivity contribution in [2.24, 2.45) is 44.8 Å².